The SMILES string of the molecule is CCCCCCCCCCC1NCC(C)OC1(C)CCCCCCCCCC. The van der Waals surface area contributed by atoms with Gasteiger partial charge in [0, 0.05) is 12.6 Å². The molecule has 2 heteroatoms. The standard InChI is InChI=1S/C26H53NO/c1-5-7-9-11-13-15-17-19-21-25-26(4,28-24(3)23-27-25)22-20-18-16-14-12-10-8-6-2/h24-25,27H,5-23H2,1-4H3. The van der Waals surface area contributed by atoms with Crippen molar-refractivity contribution < 1.29 is 4.74 Å². The van der Waals surface area contributed by atoms with Gasteiger partial charge in [-0.2, -0.15) is 0 Å². The van der Waals surface area contributed by atoms with E-state index in [0.717, 1.165) is 6.54 Å². The van der Waals surface area contributed by atoms with Crippen molar-refractivity contribution in [3.05, 3.63) is 0 Å². The van der Waals surface area contributed by atoms with E-state index in [0.29, 0.717) is 12.1 Å². The van der Waals surface area contributed by atoms with Gasteiger partial charge >= 0.3 is 0 Å². The lowest BCUT2D eigenvalue weighted by atomic mass is 9.84. The van der Waals surface area contributed by atoms with Gasteiger partial charge in [0.25, 0.3) is 0 Å². The summed E-state index contributed by atoms with van der Waals surface area (Å²) in [6, 6.07) is 0.549. The summed E-state index contributed by atoms with van der Waals surface area (Å²) in [7, 11) is 0. The van der Waals surface area contributed by atoms with Crippen molar-refractivity contribution >= 4 is 0 Å². The molecule has 1 aliphatic rings. The van der Waals surface area contributed by atoms with E-state index in [9.17, 15) is 0 Å². The topological polar surface area (TPSA) is 21.3 Å². The number of hydrogen-bond acceptors (Lipinski definition) is 2. The number of morpholine rings is 1. The van der Waals surface area contributed by atoms with Crippen molar-refractivity contribution in [1.29, 1.82) is 0 Å². The number of unbranched alkanes of at least 4 members (excludes halogenated alkanes) is 14. The lowest BCUT2D eigenvalue weighted by Crippen LogP contribution is -2.58. The molecule has 0 aromatic rings. The third-order valence-corrected chi connectivity index (χ3v) is 6.73. The highest BCUT2D eigenvalue weighted by atomic mass is 16.5. The molecule has 1 rings (SSSR count). The Morgan fingerprint density at radius 3 is 1.71 bits per heavy atom. The molecule has 1 heterocycles. The molecule has 1 N–H and O–H groups in total. The predicted molar refractivity (Wildman–Crippen MR) is 125 cm³/mol. The number of ether oxygens (including phenoxy) is 1. The summed E-state index contributed by atoms with van der Waals surface area (Å²) in [6.45, 7) is 10.2. The van der Waals surface area contributed by atoms with Crippen LogP contribution < -0.4 is 5.32 Å². The van der Waals surface area contributed by atoms with Crippen molar-refractivity contribution in [2.24, 2.45) is 0 Å². The molecule has 0 radical (unpaired) electrons. The Balaban J connectivity index is 2.19. The first-order chi connectivity index (χ1) is 13.6. The maximum absolute atomic E-state index is 6.51. The second kappa shape index (κ2) is 16.7. The molecule has 28 heavy (non-hydrogen) atoms. The van der Waals surface area contributed by atoms with Crippen molar-refractivity contribution in [2.75, 3.05) is 6.54 Å². The molecule has 3 unspecified atom stereocenters. The first-order valence-electron chi connectivity index (χ1n) is 13.0. The van der Waals surface area contributed by atoms with Gasteiger partial charge in [-0.15, -0.1) is 0 Å². The summed E-state index contributed by atoms with van der Waals surface area (Å²) < 4.78 is 6.51. The van der Waals surface area contributed by atoms with Crippen LogP contribution in [0.3, 0.4) is 0 Å². The molecule has 2 nitrogen and oxygen atoms in total. The number of rotatable bonds is 18. The van der Waals surface area contributed by atoms with Crippen LogP contribution >= 0.6 is 0 Å². The lowest BCUT2D eigenvalue weighted by Gasteiger charge is -2.45. The summed E-state index contributed by atoms with van der Waals surface area (Å²) in [4.78, 5) is 0. The van der Waals surface area contributed by atoms with Crippen molar-refractivity contribution in [1.82, 2.24) is 5.32 Å². The third kappa shape index (κ3) is 11.8. The molecule has 0 spiro atoms. The van der Waals surface area contributed by atoms with Crippen molar-refractivity contribution in [2.45, 2.75) is 161 Å². The van der Waals surface area contributed by atoms with Gasteiger partial charge in [0.05, 0.1) is 11.7 Å². The van der Waals surface area contributed by atoms with Gasteiger partial charge in [0.1, 0.15) is 0 Å². The molecule has 0 aromatic carbocycles. The minimum Gasteiger partial charge on any atom is -0.369 e. The Kier molecular flexibility index (Phi) is 15.5. The first kappa shape index (κ1) is 26.0. The summed E-state index contributed by atoms with van der Waals surface area (Å²) in [5.41, 5.74) is 0.0427. The maximum atomic E-state index is 6.51. The molecule has 1 fully saturated rings. The van der Waals surface area contributed by atoms with Crippen molar-refractivity contribution in [3.8, 4) is 0 Å². The average molecular weight is 396 g/mol. The van der Waals surface area contributed by atoms with Gasteiger partial charge in [-0.1, -0.05) is 117 Å². The molecule has 3 atom stereocenters. The van der Waals surface area contributed by atoms with Gasteiger partial charge < -0.3 is 10.1 Å². The zero-order valence-corrected chi connectivity index (χ0v) is 20.0. The molecule has 1 aliphatic heterocycles. The van der Waals surface area contributed by atoms with Crippen LogP contribution in [0.15, 0.2) is 0 Å². The van der Waals surface area contributed by atoms with Crippen LogP contribution in [0.4, 0.5) is 0 Å². The van der Waals surface area contributed by atoms with Crippen LogP contribution in [0.5, 0.6) is 0 Å². The Hall–Kier alpha value is -0.0800. The van der Waals surface area contributed by atoms with E-state index in [1.165, 1.54) is 116 Å². The van der Waals surface area contributed by atoms with Gasteiger partial charge in [-0.3, -0.25) is 0 Å². The highest BCUT2D eigenvalue weighted by Crippen LogP contribution is 2.31. The smallest absolute Gasteiger partial charge is 0.0811 e. The van der Waals surface area contributed by atoms with E-state index >= 15 is 0 Å². The fraction of sp³-hybridized carbons (Fsp3) is 1.00. The van der Waals surface area contributed by atoms with Crippen LogP contribution in [0.2, 0.25) is 0 Å². The van der Waals surface area contributed by atoms with Gasteiger partial charge in [0.2, 0.25) is 0 Å². The van der Waals surface area contributed by atoms with Crippen LogP contribution in [0.1, 0.15) is 143 Å². The molecule has 168 valence electrons. The molecular formula is C26H53NO. The van der Waals surface area contributed by atoms with Crippen molar-refractivity contribution in [3.63, 3.8) is 0 Å². The van der Waals surface area contributed by atoms with E-state index in [-0.39, 0.29) is 5.60 Å². The lowest BCUT2D eigenvalue weighted by molar-refractivity contribution is -0.131. The van der Waals surface area contributed by atoms with E-state index in [2.05, 4.69) is 33.0 Å². The second-order valence-electron chi connectivity index (χ2n) is 9.69. The predicted octanol–water partition coefficient (Wildman–Crippen LogP) is 8.18. The van der Waals surface area contributed by atoms with E-state index in [1.807, 2.05) is 0 Å². The van der Waals surface area contributed by atoms with E-state index < -0.39 is 0 Å². The summed E-state index contributed by atoms with van der Waals surface area (Å²) in [6.07, 6.45) is 25.3. The second-order valence-corrected chi connectivity index (χ2v) is 9.69. The molecule has 1 saturated heterocycles. The zero-order chi connectivity index (χ0) is 20.5. The quantitative estimate of drug-likeness (QED) is 0.236. The number of nitrogens with one attached hydrogen (secondary N) is 1. The van der Waals surface area contributed by atoms with E-state index in [4.69, 9.17) is 4.74 Å². The molecule has 0 amide bonds. The Morgan fingerprint density at radius 1 is 0.714 bits per heavy atom. The van der Waals surface area contributed by atoms with Gasteiger partial charge in [-0.25, -0.2) is 0 Å². The van der Waals surface area contributed by atoms with Crippen LogP contribution in [0.25, 0.3) is 0 Å². The largest absolute Gasteiger partial charge is 0.369 e. The van der Waals surface area contributed by atoms with Crippen LogP contribution in [0, 0.1) is 0 Å². The molecule has 0 saturated carbocycles. The van der Waals surface area contributed by atoms with Gasteiger partial charge in [-0.05, 0) is 26.7 Å². The molecule has 0 bridgehead atoms. The maximum Gasteiger partial charge on any atom is 0.0811 e. The molecular weight excluding hydrogens is 342 g/mol. The Bertz CT molecular complexity index is 345. The highest BCUT2D eigenvalue weighted by Gasteiger charge is 2.39. The summed E-state index contributed by atoms with van der Waals surface area (Å²) in [5, 5.41) is 3.83. The molecule has 0 aliphatic carbocycles. The first-order valence-corrected chi connectivity index (χ1v) is 13.0. The minimum atomic E-state index is 0.0427. The summed E-state index contributed by atoms with van der Waals surface area (Å²) >= 11 is 0. The zero-order valence-electron chi connectivity index (χ0n) is 20.0. The fourth-order valence-electron chi connectivity index (χ4n) is 4.84. The minimum absolute atomic E-state index is 0.0427. The third-order valence-electron chi connectivity index (χ3n) is 6.73. The molecule has 0 aromatic heterocycles. The normalized spacial score (nSPS) is 25.3. The Labute approximate surface area is 178 Å². The number of hydrogen-bond donors (Lipinski definition) is 1. The summed E-state index contributed by atoms with van der Waals surface area (Å²) in [5.74, 6) is 0. The van der Waals surface area contributed by atoms with E-state index in [1.54, 1.807) is 0 Å². The average Bonchev–Trinajstić information content (AvgIpc) is 2.67. The monoisotopic (exact) mass is 395 g/mol. The fourth-order valence-corrected chi connectivity index (χ4v) is 4.84. The van der Waals surface area contributed by atoms with Crippen LogP contribution in [-0.4, -0.2) is 24.3 Å². The van der Waals surface area contributed by atoms with Crippen LogP contribution in [-0.2, 0) is 4.74 Å². The van der Waals surface area contributed by atoms with Gasteiger partial charge in [0.15, 0.2) is 0 Å². The highest BCUT2D eigenvalue weighted by molar-refractivity contribution is 4.94. The Morgan fingerprint density at radius 2 is 1.18 bits per heavy atom.